The zero-order valence-corrected chi connectivity index (χ0v) is 11.2. The second-order valence-electron chi connectivity index (χ2n) is 3.09. The normalized spacial score (nSPS) is 12.1. The topological polar surface area (TPSA) is 30.7 Å². The molecule has 0 N–H and O–H groups in total. The summed E-state index contributed by atoms with van der Waals surface area (Å²) in [5.41, 5.74) is 0. The van der Waals surface area contributed by atoms with Crippen LogP contribution in [-0.2, 0) is 6.54 Å². The van der Waals surface area contributed by atoms with E-state index in [1.807, 2.05) is 0 Å². The number of halogens is 5. The van der Waals surface area contributed by atoms with E-state index in [1.54, 1.807) is 6.07 Å². The molecule has 17 heavy (non-hydrogen) atoms. The minimum absolute atomic E-state index is 0.153. The number of thiophene rings is 1. The Morgan fingerprint density at radius 1 is 1.47 bits per heavy atom. The van der Waals surface area contributed by atoms with Crippen LogP contribution in [-0.4, -0.2) is 20.9 Å². The van der Waals surface area contributed by atoms with Crippen molar-refractivity contribution in [2.45, 2.75) is 12.7 Å². The van der Waals surface area contributed by atoms with Gasteiger partial charge in [0.15, 0.2) is 5.82 Å². The van der Waals surface area contributed by atoms with E-state index in [2.05, 4.69) is 26.0 Å². The Morgan fingerprint density at radius 2 is 2.18 bits per heavy atom. The molecule has 2 aromatic rings. The van der Waals surface area contributed by atoms with Crippen molar-refractivity contribution in [3.05, 3.63) is 21.2 Å². The molecule has 0 radical (unpaired) electrons. The van der Waals surface area contributed by atoms with Gasteiger partial charge in [-0.1, -0.05) is 11.6 Å². The van der Waals surface area contributed by atoms with Gasteiger partial charge in [0.25, 0.3) is 0 Å². The van der Waals surface area contributed by atoms with E-state index in [0.717, 1.165) is 11.0 Å². The minimum atomic E-state index is -4.33. The lowest BCUT2D eigenvalue weighted by molar-refractivity contribution is -0.142. The van der Waals surface area contributed by atoms with Gasteiger partial charge < -0.3 is 0 Å². The van der Waals surface area contributed by atoms with Crippen molar-refractivity contribution < 1.29 is 13.2 Å². The van der Waals surface area contributed by atoms with Gasteiger partial charge in [0.1, 0.15) is 12.9 Å². The number of hydrogen-bond acceptors (Lipinski definition) is 3. The molecule has 0 bridgehead atoms. The van der Waals surface area contributed by atoms with Gasteiger partial charge in [-0.15, -0.1) is 11.3 Å². The molecular formula is C8H4BrClF3N3S. The van der Waals surface area contributed by atoms with Crippen LogP contribution < -0.4 is 0 Å². The Hall–Kier alpha value is -0.600. The first-order chi connectivity index (χ1) is 7.87. The molecule has 0 spiro atoms. The Morgan fingerprint density at radius 3 is 2.71 bits per heavy atom. The molecule has 2 aromatic heterocycles. The lowest BCUT2D eigenvalue weighted by Gasteiger charge is -2.07. The number of alkyl halides is 3. The fourth-order valence-electron chi connectivity index (χ4n) is 1.20. The summed E-state index contributed by atoms with van der Waals surface area (Å²) in [5.74, 6) is 0.153. The highest BCUT2D eigenvalue weighted by Crippen LogP contribution is 2.37. The Balaban J connectivity index is 2.37. The second-order valence-corrected chi connectivity index (χ2v) is 5.87. The van der Waals surface area contributed by atoms with Gasteiger partial charge >= 0.3 is 6.18 Å². The Kier molecular flexibility index (Phi) is 3.46. The van der Waals surface area contributed by atoms with Crippen LogP contribution in [0.1, 0.15) is 0 Å². The molecule has 0 fully saturated rings. The molecule has 0 atom stereocenters. The zero-order valence-electron chi connectivity index (χ0n) is 8.00. The monoisotopic (exact) mass is 345 g/mol. The highest BCUT2D eigenvalue weighted by molar-refractivity contribution is 9.11. The first-order valence-corrected chi connectivity index (χ1v) is 6.25. The fourth-order valence-corrected chi connectivity index (χ4v) is 2.90. The minimum Gasteiger partial charge on any atom is -0.236 e. The van der Waals surface area contributed by atoms with Crippen molar-refractivity contribution in [3.63, 3.8) is 0 Å². The number of rotatable bonds is 2. The average molecular weight is 347 g/mol. The van der Waals surface area contributed by atoms with Gasteiger partial charge in [0, 0.05) is 0 Å². The van der Waals surface area contributed by atoms with Crippen LogP contribution in [0.2, 0.25) is 5.02 Å². The molecule has 0 amide bonds. The van der Waals surface area contributed by atoms with Crippen molar-refractivity contribution in [1.29, 1.82) is 0 Å². The highest BCUT2D eigenvalue weighted by Gasteiger charge is 2.30. The van der Waals surface area contributed by atoms with Gasteiger partial charge in [0.2, 0.25) is 0 Å². The molecule has 2 rings (SSSR count). The van der Waals surface area contributed by atoms with E-state index in [0.29, 0.717) is 13.7 Å². The molecule has 0 aliphatic heterocycles. The maximum Gasteiger partial charge on any atom is 0.408 e. The number of hydrogen-bond donors (Lipinski definition) is 0. The Labute approximate surface area is 111 Å². The van der Waals surface area contributed by atoms with E-state index in [1.165, 1.54) is 11.3 Å². The summed E-state index contributed by atoms with van der Waals surface area (Å²) in [4.78, 5) is 4.34. The van der Waals surface area contributed by atoms with Crippen LogP contribution in [0.4, 0.5) is 13.2 Å². The van der Waals surface area contributed by atoms with Crippen molar-refractivity contribution in [1.82, 2.24) is 14.8 Å². The van der Waals surface area contributed by atoms with Gasteiger partial charge in [0.05, 0.1) is 13.7 Å². The lowest BCUT2D eigenvalue weighted by atomic mass is 10.4. The summed E-state index contributed by atoms with van der Waals surface area (Å²) in [7, 11) is 0. The molecule has 2 heterocycles. The van der Waals surface area contributed by atoms with Crippen molar-refractivity contribution >= 4 is 38.9 Å². The molecule has 0 saturated carbocycles. The summed E-state index contributed by atoms with van der Waals surface area (Å²) in [6, 6.07) is 1.55. The molecule has 0 unspecified atom stereocenters. The third-order valence-corrected chi connectivity index (χ3v) is 4.28. The van der Waals surface area contributed by atoms with Crippen LogP contribution in [0.15, 0.2) is 16.2 Å². The van der Waals surface area contributed by atoms with Gasteiger partial charge in [-0.25, -0.2) is 9.67 Å². The largest absolute Gasteiger partial charge is 0.408 e. The zero-order chi connectivity index (χ0) is 12.6. The summed E-state index contributed by atoms with van der Waals surface area (Å²) in [6.45, 7) is -1.17. The SMILES string of the molecule is FC(F)(F)Cn1ncnc1-c1cc(Cl)c(Br)s1. The van der Waals surface area contributed by atoms with Crippen LogP contribution in [0.3, 0.4) is 0 Å². The van der Waals surface area contributed by atoms with E-state index in [-0.39, 0.29) is 5.82 Å². The quantitative estimate of drug-likeness (QED) is 0.823. The predicted octanol–water partition coefficient (Wildman–Crippen LogP) is 3.98. The van der Waals surface area contributed by atoms with Crippen molar-refractivity contribution in [3.8, 4) is 10.7 Å². The number of aromatic nitrogens is 3. The van der Waals surface area contributed by atoms with Crippen LogP contribution >= 0.6 is 38.9 Å². The van der Waals surface area contributed by atoms with Crippen LogP contribution in [0, 0.1) is 0 Å². The molecule has 0 aliphatic carbocycles. The molecule has 0 saturated heterocycles. The third kappa shape index (κ3) is 2.99. The van der Waals surface area contributed by atoms with Crippen LogP contribution in [0.25, 0.3) is 10.7 Å². The average Bonchev–Trinajstić information content (AvgIpc) is 2.72. The summed E-state index contributed by atoms with van der Waals surface area (Å²) in [6.07, 6.45) is -3.25. The maximum absolute atomic E-state index is 12.3. The predicted molar refractivity (Wildman–Crippen MR) is 62.1 cm³/mol. The van der Waals surface area contributed by atoms with Crippen LogP contribution in [0.5, 0.6) is 0 Å². The molecule has 0 aliphatic rings. The first kappa shape index (κ1) is 12.8. The van der Waals surface area contributed by atoms with E-state index in [4.69, 9.17) is 11.6 Å². The summed E-state index contributed by atoms with van der Waals surface area (Å²) < 4.78 is 38.3. The molecule has 3 nitrogen and oxygen atoms in total. The first-order valence-electron chi connectivity index (χ1n) is 4.26. The van der Waals surface area contributed by atoms with E-state index in [9.17, 15) is 13.2 Å². The Bertz CT molecular complexity index is 517. The smallest absolute Gasteiger partial charge is 0.236 e. The molecule has 9 heteroatoms. The number of nitrogens with zero attached hydrogens (tertiary/aromatic N) is 3. The standard InChI is InChI=1S/C8H4BrClF3N3S/c9-6-4(10)1-5(17-6)7-14-3-15-16(7)2-8(11,12)13/h1,3H,2H2. The van der Waals surface area contributed by atoms with E-state index < -0.39 is 12.7 Å². The van der Waals surface area contributed by atoms with Crippen molar-refractivity contribution in [2.24, 2.45) is 0 Å². The molecule has 92 valence electrons. The fraction of sp³-hybridized carbons (Fsp3) is 0.250. The van der Waals surface area contributed by atoms with Gasteiger partial charge in [-0.3, -0.25) is 0 Å². The van der Waals surface area contributed by atoms with E-state index >= 15 is 0 Å². The summed E-state index contributed by atoms with van der Waals surface area (Å²) in [5, 5.41) is 3.99. The second kappa shape index (κ2) is 4.58. The van der Waals surface area contributed by atoms with Gasteiger partial charge in [-0.2, -0.15) is 18.3 Å². The molecular weight excluding hydrogens is 343 g/mol. The van der Waals surface area contributed by atoms with Gasteiger partial charge in [-0.05, 0) is 22.0 Å². The highest BCUT2D eigenvalue weighted by atomic mass is 79.9. The third-order valence-electron chi connectivity index (χ3n) is 1.81. The lowest BCUT2D eigenvalue weighted by Crippen LogP contribution is -2.19. The molecule has 0 aromatic carbocycles. The van der Waals surface area contributed by atoms with Crippen molar-refractivity contribution in [2.75, 3.05) is 0 Å². The maximum atomic E-state index is 12.3. The summed E-state index contributed by atoms with van der Waals surface area (Å²) >= 11 is 10.2.